The Morgan fingerprint density at radius 2 is 2.09 bits per heavy atom. The summed E-state index contributed by atoms with van der Waals surface area (Å²) in [5.74, 6) is 1.69. The summed E-state index contributed by atoms with van der Waals surface area (Å²) in [7, 11) is 0. The van der Waals surface area contributed by atoms with Crippen molar-refractivity contribution in [2.24, 2.45) is 5.92 Å². The van der Waals surface area contributed by atoms with Crippen molar-refractivity contribution in [1.82, 2.24) is 14.9 Å². The Kier molecular flexibility index (Phi) is 4.22. The van der Waals surface area contributed by atoms with Crippen LogP contribution in [0.3, 0.4) is 0 Å². The van der Waals surface area contributed by atoms with Gasteiger partial charge in [0.15, 0.2) is 0 Å². The molecule has 2 aromatic rings. The van der Waals surface area contributed by atoms with Crippen molar-refractivity contribution in [3.63, 3.8) is 0 Å². The number of carbonyl (C=O) groups is 1. The van der Waals surface area contributed by atoms with E-state index in [0.717, 1.165) is 49.2 Å². The second kappa shape index (κ2) is 6.30. The highest BCUT2D eigenvalue weighted by Gasteiger charge is 2.20. The lowest BCUT2D eigenvalue weighted by atomic mass is 9.96. The average Bonchev–Trinajstić information content (AvgIpc) is 2.53. The van der Waals surface area contributed by atoms with E-state index in [-0.39, 0.29) is 5.91 Å². The van der Waals surface area contributed by atoms with E-state index in [1.807, 2.05) is 17.0 Å². The molecule has 1 aromatic carbocycles. The second-order valence-electron chi connectivity index (χ2n) is 6.02. The molecule has 1 aromatic heterocycles. The zero-order chi connectivity index (χ0) is 15.5. The van der Waals surface area contributed by atoms with Gasteiger partial charge in [0.25, 0.3) is 0 Å². The number of piperidine rings is 1. The van der Waals surface area contributed by atoms with Crippen LogP contribution in [-0.4, -0.2) is 40.4 Å². The summed E-state index contributed by atoms with van der Waals surface area (Å²) >= 11 is 0. The van der Waals surface area contributed by atoms with Gasteiger partial charge in [0.05, 0.1) is 5.52 Å². The molecule has 1 aliphatic heterocycles. The standard InChI is InChI=1S/C17H22N4O/c1-12-4-3-5-15-16(12)17(20-11-19-15)18-10-14-6-8-21(9-7-14)13(2)22/h3-5,11,14H,6-10H2,1-2H3,(H,18,19,20). The van der Waals surface area contributed by atoms with Gasteiger partial charge in [-0.3, -0.25) is 4.79 Å². The number of hydrogen-bond acceptors (Lipinski definition) is 4. The molecule has 1 amide bonds. The molecule has 3 rings (SSSR count). The van der Waals surface area contributed by atoms with Crippen LogP contribution >= 0.6 is 0 Å². The number of fused-ring (bicyclic) bond motifs is 1. The normalized spacial score (nSPS) is 16.0. The van der Waals surface area contributed by atoms with Crippen LogP contribution in [0, 0.1) is 12.8 Å². The number of carbonyl (C=O) groups excluding carboxylic acids is 1. The molecule has 0 spiro atoms. The molecule has 1 aliphatic rings. The molecule has 5 nitrogen and oxygen atoms in total. The average molecular weight is 298 g/mol. The van der Waals surface area contributed by atoms with Gasteiger partial charge >= 0.3 is 0 Å². The van der Waals surface area contributed by atoms with Crippen LogP contribution in [0.2, 0.25) is 0 Å². The SMILES string of the molecule is CC(=O)N1CCC(CNc2ncnc3cccc(C)c23)CC1. The van der Waals surface area contributed by atoms with Crippen LogP contribution in [-0.2, 0) is 4.79 Å². The quantitative estimate of drug-likeness (QED) is 0.946. The van der Waals surface area contributed by atoms with Gasteiger partial charge in [0.2, 0.25) is 5.91 Å². The van der Waals surface area contributed by atoms with Crippen LogP contribution in [0.5, 0.6) is 0 Å². The lowest BCUT2D eigenvalue weighted by Crippen LogP contribution is -2.38. The Morgan fingerprint density at radius 1 is 1.32 bits per heavy atom. The third kappa shape index (κ3) is 3.03. The molecule has 22 heavy (non-hydrogen) atoms. The fraction of sp³-hybridized carbons (Fsp3) is 0.471. The molecule has 0 atom stereocenters. The van der Waals surface area contributed by atoms with Crippen molar-refractivity contribution in [2.45, 2.75) is 26.7 Å². The first kappa shape index (κ1) is 14.8. The Labute approximate surface area is 130 Å². The van der Waals surface area contributed by atoms with Gasteiger partial charge in [0, 0.05) is 31.9 Å². The van der Waals surface area contributed by atoms with Crippen molar-refractivity contribution >= 4 is 22.6 Å². The predicted octanol–water partition coefficient (Wildman–Crippen LogP) is 2.61. The van der Waals surface area contributed by atoms with Gasteiger partial charge in [-0.15, -0.1) is 0 Å². The number of aromatic nitrogens is 2. The summed E-state index contributed by atoms with van der Waals surface area (Å²) in [5, 5.41) is 4.59. The molecular weight excluding hydrogens is 276 g/mol. The van der Waals surface area contributed by atoms with Crippen LogP contribution in [0.1, 0.15) is 25.3 Å². The number of benzene rings is 1. The van der Waals surface area contributed by atoms with Crippen molar-refractivity contribution in [1.29, 1.82) is 0 Å². The van der Waals surface area contributed by atoms with Crippen LogP contribution in [0.25, 0.3) is 10.9 Å². The number of hydrogen-bond donors (Lipinski definition) is 1. The van der Waals surface area contributed by atoms with Gasteiger partial charge < -0.3 is 10.2 Å². The first-order valence-corrected chi connectivity index (χ1v) is 7.85. The van der Waals surface area contributed by atoms with Crippen LogP contribution in [0.4, 0.5) is 5.82 Å². The largest absolute Gasteiger partial charge is 0.369 e. The van der Waals surface area contributed by atoms with Crippen LogP contribution in [0.15, 0.2) is 24.5 Å². The fourth-order valence-electron chi connectivity index (χ4n) is 3.11. The molecule has 116 valence electrons. The highest BCUT2D eigenvalue weighted by atomic mass is 16.2. The van der Waals surface area contributed by atoms with Crippen molar-refractivity contribution in [3.05, 3.63) is 30.1 Å². The number of anilines is 1. The molecule has 1 saturated heterocycles. The molecule has 0 saturated carbocycles. The highest BCUT2D eigenvalue weighted by molar-refractivity contribution is 5.91. The first-order chi connectivity index (χ1) is 10.6. The molecule has 5 heteroatoms. The van der Waals surface area contributed by atoms with E-state index in [4.69, 9.17) is 0 Å². The van der Waals surface area contributed by atoms with Crippen LogP contribution < -0.4 is 5.32 Å². The minimum absolute atomic E-state index is 0.184. The Morgan fingerprint density at radius 3 is 2.82 bits per heavy atom. The number of likely N-dealkylation sites (tertiary alicyclic amines) is 1. The van der Waals surface area contributed by atoms with E-state index < -0.39 is 0 Å². The summed E-state index contributed by atoms with van der Waals surface area (Å²) in [6, 6.07) is 6.12. The van der Waals surface area contributed by atoms with Crippen molar-refractivity contribution < 1.29 is 4.79 Å². The van der Waals surface area contributed by atoms with E-state index in [2.05, 4.69) is 28.3 Å². The number of rotatable bonds is 3. The van der Waals surface area contributed by atoms with E-state index in [9.17, 15) is 4.79 Å². The number of nitrogens with one attached hydrogen (secondary N) is 1. The number of aryl methyl sites for hydroxylation is 1. The highest BCUT2D eigenvalue weighted by Crippen LogP contribution is 2.24. The minimum atomic E-state index is 0.184. The Balaban J connectivity index is 1.67. The van der Waals surface area contributed by atoms with Gasteiger partial charge in [-0.05, 0) is 37.3 Å². The molecule has 0 aliphatic carbocycles. The minimum Gasteiger partial charge on any atom is -0.369 e. The summed E-state index contributed by atoms with van der Waals surface area (Å²) in [5.41, 5.74) is 2.16. The zero-order valence-electron chi connectivity index (χ0n) is 13.2. The lowest BCUT2D eigenvalue weighted by Gasteiger charge is -2.31. The smallest absolute Gasteiger partial charge is 0.219 e. The third-order valence-corrected chi connectivity index (χ3v) is 4.49. The molecule has 1 N–H and O–H groups in total. The fourth-order valence-corrected chi connectivity index (χ4v) is 3.11. The first-order valence-electron chi connectivity index (χ1n) is 7.85. The third-order valence-electron chi connectivity index (χ3n) is 4.49. The number of amides is 1. The molecule has 2 heterocycles. The molecule has 1 fully saturated rings. The van der Waals surface area contributed by atoms with E-state index in [1.165, 1.54) is 5.56 Å². The van der Waals surface area contributed by atoms with Gasteiger partial charge in [-0.25, -0.2) is 9.97 Å². The van der Waals surface area contributed by atoms with Crippen molar-refractivity contribution in [2.75, 3.05) is 25.0 Å². The summed E-state index contributed by atoms with van der Waals surface area (Å²) in [4.78, 5) is 22.0. The van der Waals surface area contributed by atoms with E-state index in [0.29, 0.717) is 5.92 Å². The lowest BCUT2D eigenvalue weighted by molar-refractivity contribution is -0.130. The topological polar surface area (TPSA) is 58.1 Å². The number of nitrogens with zero attached hydrogens (tertiary/aromatic N) is 3. The van der Waals surface area contributed by atoms with Gasteiger partial charge in [-0.2, -0.15) is 0 Å². The Hall–Kier alpha value is -2.17. The maximum atomic E-state index is 11.4. The Bertz CT molecular complexity index is 672. The van der Waals surface area contributed by atoms with E-state index in [1.54, 1.807) is 13.3 Å². The maximum Gasteiger partial charge on any atom is 0.219 e. The van der Waals surface area contributed by atoms with Crippen molar-refractivity contribution in [3.8, 4) is 0 Å². The molecule has 0 bridgehead atoms. The second-order valence-corrected chi connectivity index (χ2v) is 6.02. The molecule has 0 unspecified atom stereocenters. The van der Waals surface area contributed by atoms with E-state index >= 15 is 0 Å². The molecule has 0 radical (unpaired) electrons. The molecular formula is C17H22N4O. The predicted molar refractivity (Wildman–Crippen MR) is 87.7 cm³/mol. The monoisotopic (exact) mass is 298 g/mol. The zero-order valence-corrected chi connectivity index (χ0v) is 13.2. The summed E-state index contributed by atoms with van der Waals surface area (Å²) in [6.07, 6.45) is 3.71. The van der Waals surface area contributed by atoms with Gasteiger partial charge in [0.1, 0.15) is 12.1 Å². The van der Waals surface area contributed by atoms with Gasteiger partial charge in [-0.1, -0.05) is 12.1 Å². The maximum absolute atomic E-state index is 11.4. The summed E-state index contributed by atoms with van der Waals surface area (Å²) in [6.45, 7) is 6.36. The summed E-state index contributed by atoms with van der Waals surface area (Å²) < 4.78 is 0.